The van der Waals surface area contributed by atoms with Crippen molar-refractivity contribution in [3.05, 3.63) is 0 Å². The fourth-order valence-corrected chi connectivity index (χ4v) is 7.31. The molecule has 134 valence electrons. The number of ketones is 1. The molecule has 1 amide bonds. The van der Waals surface area contributed by atoms with Crippen molar-refractivity contribution in [2.75, 3.05) is 6.54 Å². The number of fused-ring (bicyclic) bond motifs is 4. The molecule has 3 aliphatic carbocycles. The second-order valence-electron chi connectivity index (χ2n) is 11.3. The number of hydrogen-bond acceptors (Lipinski definition) is 2. The van der Waals surface area contributed by atoms with Crippen LogP contribution in [-0.2, 0) is 9.59 Å². The van der Waals surface area contributed by atoms with Crippen molar-refractivity contribution in [3.63, 3.8) is 0 Å². The minimum absolute atomic E-state index is 0.221. The van der Waals surface area contributed by atoms with E-state index in [9.17, 15) is 9.59 Å². The van der Waals surface area contributed by atoms with Gasteiger partial charge in [0.2, 0.25) is 5.91 Å². The molecule has 1 heterocycles. The lowest BCUT2D eigenvalue weighted by molar-refractivity contribution is -0.149. The van der Waals surface area contributed by atoms with Gasteiger partial charge in [0.05, 0.1) is 5.41 Å². The van der Waals surface area contributed by atoms with Gasteiger partial charge in [-0.2, -0.15) is 0 Å². The maximum Gasteiger partial charge on any atom is 0.230 e. The average Bonchev–Trinajstić information content (AvgIpc) is 2.86. The maximum atomic E-state index is 13.8. The highest BCUT2D eigenvalue weighted by molar-refractivity contribution is 5.99. The Morgan fingerprint density at radius 1 is 1.04 bits per heavy atom. The molecule has 1 saturated heterocycles. The number of Topliss-reactive ketones (excluding diaryl/α,β-unsaturated/α-hetero) is 1. The Balaban J connectivity index is 1.70. The lowest BCUT2D eigenvalue weighted by atomic mass is 9.64. The Morgan fingerprint density at radius 3 is 2.25 bits per heavy atom. The number of carbonyl (C=O) groups is 2. The van der Waals surface area contributed by atoms with E-state index >= 15 is 0 Å². The molecule has 1 aliphatic heterocycles. The average molecular weight is 332 g/mol. The monoisotopic (exact) mass is 331 g/mol. The molecule has 4 atom stereocenters. The third-order valence-electron chi connectivity index (χ3n) is 8.79. The van der Waals surface area contributed by atoms with Gasteiger partial charge in [-0.05, 0) is 48.3 Å². The van der Waals surface area contributed by atoms with E-state index in [2.05, 4.69) is 46.4 Å². The molecule has 3 nitrogen and oxygen atoms in total. The van der Waals surface area contributed by atoms with Crippen LogP contribution in [0.4, 0.5) is 0 Å². The Bertz CT molecular complexity index is 636. The number of rotatable bonds is 1. The molecule has 4 rings (SSSR count). The summed E-state index contributed by atoms with van der Waals surface area (Å²) < 4.78 is 0. The third kappa shape index (κ3) is 1.74. The summed E-state index contributed by atoms with van der Waals surface area (Å²) in [5.41, 5.74) is -0.401. The molecule has 24 heavy (non-hydrogen) atoms. The van der Waals surface area contributed by atoms with Gasteiger partial charge in [0.1, 0.15) is 5.78 Å². The van der Waals surface area contributed by atoms with Gasteiger partial charge in [-0.3, -0.25) is 9.59 Å². The molecule has 3 heteroatoms. The highest BCUT2D eigenvalue weighted by atomic mass is 16.2. The van der Waals surface area contributed by atoms with Gasteiger partial charge < -0.3 is 4.90 Å². The number of amides is 1. The van der Waals surface area contributed by atoms with Gasteiger partial charge in [0.15, 0.2) is 0 Å². The smallest absolute Gasteiger partial charge is 0.230 e. The molecule has 3 saturated carbocycles. The SMILES string of the molecule is CC1(C)C[C@H]2C[C@](C)(CN2C(=O)C23CCC(C)(C(=O)C2)C3(C)C)C1. The molecule has 0 aromatic carbocycles. The number of carbonyl (C=O) groups excluding carboxylic acids is 2. The van der Waals surface area contributed by atoms with Gasteiger partial charge in [-0.1, -0.05) is 41.5 Å². The first kappa shape index (κ1) is 16.6. The topological polar surface area (TPSA) is 37.4 Å². The van der Waals surface area contributed by atoms with Crippen molar-refractivity contribution in [2.45, 2.75) is 86.1 Å². The van der Waals surface area contributed by atoms with E-state index in [1.54, 1.807) is 0 Å². The molecule has 0 aromatic rings. The largest absolute Gasteiger partial charge is 0.339 e. The van der Waals surface area contributed by atoms with E-state index in [4.69, 9.17) is 0 Å². The molecule has 4 bridgehead atoms. The van der Waals surface area contributed by atoms with Crippen LogP contribution in [0.25, 0.3) is 0 Å². The van der Waals surface area contributed by atoms with Crippen LogP contribution in [0.15, 0.2) is 0 Å². The summed E-state index contributed by atoms with van der Waals surface area (Å²) in [7, 11) is 0. The lowest BCUT2D eigenvalue weighted by Gasteiger charge is -2.43. The van der Waals surface area contributed by atoms with Gasteiger partial charge in [0.25, 0.3) is 0 Å². The van der Waals surface area contributed by atoms with E-state index in [1.165, 1.54) is 6.42 Å². The third-order valence-corrected chi connectivity index (χ3v) is 8.79. The van der Waals surface area contributed by atoms with Crippen molar-refractivity contribution in [1.82, 2.24) is 4.90 Å². The van der Waals surface area contributed by atoms with E-state index in [0.29, 0.717) is 29.6 Å². The molecule has 0 N–H and O–H groups in total. The highest BCUT2D eigenvalue weighted by Gasteiger charge is 2.73. The van der Waals surface area contributed by atoms with Crippen LogP contribution in [0.3, 0.4) is 0 Å². The Hall–Kier alpha value is -0.860. The molecule has 0 radical (unpaired) electrons. The van der Waals surface area contributed by atoms with Crippen LogP contribution in [0, 0.1) is 27.1 Å². The highest BCUT2D eigenvalue weighted by Crippen LogP contribution is 2.71. The standard InChI is InChI=1S/C21H33NO2/c1-17(2)9-14-10-19(5,12-17)13-22(14)16(24)21-8-7-20(6,15(23)11-21)18(21,3)4/h14H,7-13H2,1-6H3/t14-,19-,20?,21?/m0/s1. The van der Waals surface area contributed by atoms with Crippen LogP contribution in [0.1, 0.15) is 80.1 Å². The molecular weight excluding hydrogens is 298 g/mol. The van der Waals surface area contributed by atoms with E-state index in [-0.39, 0.29) is 16.2 Å². The summed E-state index contributed by atoms with van der Waals surface area (Å²) in [6.07, 6.45) is 5.70. The zero-order chi connectivity index (χ0) is 17.8. The molecule has 4 aliphatic rings. The van der Waals surface area contributed by atoms with E-state index in [1.807, 2.05) is 0 Å². The maximum absolute atomic E-state index is 13.8. The predicted molar refractivity (Wildman–Crippen MR) is 94.4 cm³/mol. The quantitative estimate of drug-likeness (QED) is 0.722. The van der Waals surface area contributed by atoms with Crippen LogP contribution in [0.5, 0.6) is 0 Å². The summed E-state index contributed by atoms with van der Waals surface area (Å²) >= 11 is 0. The molecule has 4 fully saturated rings. The first-order valence-electron chi connectivity index (χ1n) is 9.70. The summed E-state index contributed by atoms with van der Waals surface area (Å²) in [5, 5.41) is 0. The fraction of sp³-hybridized carbons (Fsp3) is 0.905. The summed E-state index contributed by atoms with van der Waals surface area (Å²) in [6, 6.07) is 0.374. The van der Waals surface area contributed by atoms with E-state index in [0.717, 1.165) is 32.2 Å². The van der Waals surface area contributed by atoms with Crippen LogP contribution in [-0.4, -0.2) is 29.2 Å². The van der Waals surface area contributed by atoms with Crippen LogP contribution >= 0.6 is 0 Å². The fourth-order valence-electron chi connectivity index (χ4n) is 7.31. The Labute approximate surface area is 146 Å². The summed E-state index contributed by atoms with van der Waals surface area (Å²) in [5.74, 6) is 0.620. The van der Waals surface area contributed by atoms with Crippen molar-refractivity contribution >= 4 is 11.7 Å². The number of hydrogen-bond donors (Lipinski definition) is 0. The lowest BCUT2D eigenvalue weighted by Crippen LogP contribution is -2.50. The van der Waals surface area contributed by atoms with Gasteiger partial charge in [0, 0.05) is 24.4 Å². The zero-order valence-corrected chi connectivity index (χ0v) is 16.3. The molecular formula is C21H33NO2. The van der Waals surface area contributed by atoms with Crippen LogP contribution in [0.2, 0.25) is 0 Å². The summed E-state index contributed by atoms with van der Waals surface area (Å²) in [4.78, 5) is 28.7. The van der Waals surface area contributed by atoms with Gasteiger partial charge in [-0.25, -0.2) is 0 Å². The second kappa shape index (κ2) is 4.27. The van der Waals surface area contributed by atoms with Crippen LogP contribution < -0.4 is 0 Å². The molecule has 0 aromatic heterocycles. The first-order valence-corrected chi connectivity index (χ1v) is 9.70. The minimum atomic E-state index is -0.448. The number of nitrogens with zero attached hydrogens (tertiary/aromatic N) is 1. The predicted octanol–water partition coefficient (Wildman–Crippen LogP) is 4.20. The summed E-state index contributed by atoms with van der Waals surface area (Å²) in [6.45, 7) is 14.4. The minimum Gasteiger partial charge on any atom is -0.339 e. The zero-order valence-electron chi connectivity index (χ0n) is 16.3. The van der Waals surface area contributed by atoms with Crippen molar-refractivity contribution in [1.29, 1.82) is 0 Å². The van der Waals surface area contributed by atoms with E-state index < -0.39 is 5.41 Å². The van der Waals surface area contributed by atoms with Crippen molar-refractivity contribution in [3.8, 4) is 0 Å². The van der Waals surface area contributed by atoms with Crippen molar-refractivity contribution < 1.29 is 9.59 Å². The van der Waals surface area contributed by atoms with Crippen molar-refractivity contribution in [2.24, 2.45) is 27.1 Å². The Kier molecular flexibility index (Phi) is 2.95. The Morgan fingerprint density at radius 2 is 1.71 bits per heavy atom. The van der Waals surface area contributed by atoms with Gasteiger partial charge >= 0.3 is 0 Å². The normalized spacial score (nSPS) is 48.2. The second-order valence-corrected chi connectivity index (χ2v) is 11.3. The molecule has 0 spiro atoms. The number of likely N-dealkylation sites (tertiary alicyclic amines) is 1. The first-order chi connectivity index (χ1) is 10.9. The van der Waals surface area contributed by atoms with Gasteiger partial charge in [-0.15, -0.1) is 0 Å². The molecule has 2 unspecified atom stereocenters.